The summed E-state index contributed by atoms with van der Waals surface area (Å²) in [5.41, 5.74) is 0. The Balaban J connectivity index is 2.77. The van der Waals surface area contributed by atoms with Gasteiger partial charge in [0.1, 0.15) is 0 Å². The molecule has 4 N–H and O–H groups in total. The summed E-state index contributed by atoms with van der Waals surface area (Å²) >= 11 is 2.46. The Kier molecular flexibility index (Phi) is 12.7. The molecule has 0 saturated carbocycles. The third-order valence-corrected chi connectivity index (χ3v) is 5.45. The van der Waals surface area contributed by atoms with Gasteiger partial charge in [-0.25, -0.2) is 19.2 Å². The minimum absolute atomic E-state index is 0.0905. The van der Waals surface area contributed by atoms with Gasteiger partial charge in [0, 0.05) is 23.0 Å². The summed E-state index contributed by atoms with van der Waals surface area (Å²) in [6.45, 7) is -0.362. The quantitative estimate of drug-likeness (QED) is 0.404. The van der Waals surface area contributed by atoms with Crippen LogP contribution < -0.4 is 0 Å². The minimum atomic E-state index is -1.68. The first kappa shape index (κ1) is 26.5. The zero-order valence-corrected chi connectivity index (χ0v) is 17.5. The molecule has 0 aromatic carbocycles. The number of carbonyl (C=O) groups is 4. The number of hydrogen-bond donors (Lipinski definition) is 4. The van der Waals surface area contributed by atoms with E-state index in [2.05, 4.69) is 0 Å². The van der Waals surface area contributed by atoms with Crippen molar-refractivity contribution in [1.29, 1.82) is 0 Å². The molecule has 0 aliphatic carbocycles. The molecule has 0 radical (unpaired) electrons. The first-order valence-corrected chi connectivity index (χ1v) is 11.1. The molecule has 0 amide bonds. The second-order valence-electron chi connectivity index (χ2n) is 5.74. The van der Waals surface area contributed by atoms with Crippen molar-refractivity contribution >= 4 is 47.4 Å². The molecule has 0 bridgehead atoms. The fraction of sp³-hybridized carbons (Fsp3) is 0.750. The van der Waals surface area contributed by atoms with Gasteiger partial charge in [0.05, 0.1) is 26.4 Å². The number of carboxylic acid groups (broad SMARTS) is 4. The Hall–Kier alpha value is -1.58. The van der Waals surface area contributed by atoms with E-state index < -0.39 is 48.3 Å². The molecule has 1 aliphatic rings. The average Bonchev–Trinajstić information content (AvgIpc) is 2.66. The number of aliphatic carboxylic acids is 4. The van der Waals surface area contributed by atoms with E-state index in [0.717, 1.165) is 0 Å². The Bertz CT molecular complexity index is 489. The van der Waals surface area contributed by atoms with Crippen LogP contribution in [0.3, 0.4) is 0 Å². The largest absolute Gasteiger partial charge is 0.479 e. The van der Waals surface area contributed by atoms with Gasteiger partial charge in [0.25, 0.3) is 0 Å². The molecule has 1 rings (SSSR count). The molecule has 1 fully saturated rings. The standard InChI is InChI=1S/C16H24O12S2/c17-13(18)9-10(14(19)20)26-3-7-30-8-4-28-12(16(23)24)11(15(21)22)27-2-6-29-5-1-25-9/h9-12H,1-8H2,(H,17,18)(H,19,20)(H,21,22)(H,23,24)/t9-,10-,11-,12-/m1/s1. The Morgan fingerprint density at radius 2 is 0.700 bits per heavy atom. The van der Waals surface area contributed by atoms with Crippen LogP contribution in [0.5, 0.6) is 0 Å². The van der Waals surface area contributed by atoms with Crippen molar-refractivity contribution in [2.75, 3.05) is 49.4 Å². The predicted octanol–water partition coefficient (Wildman–Crippen LogP) is -0.654. The molecule has 0 aromatic heterocycles. The highest BCUT2D eigenvalue weighted by Crippen LogP contribution is 2.13. The maximum Gasteiger partial charge on any atom is 0.336 e. The molecular formula is C16H24O12S2. The number of thioether (sulfide) groups is 2. The fourth-order valence-corrected chi connectivity index (χ4v) is 3.56. The van der Waals surface area contributed by atoms with E-state index in [-0.39, 0.29) is 49.4 Å². The van der Waals surface area contributed by atoms with E-state index in [9.17, 15) is 39.6 Å². The third kappa shape index (κ3) is 9.49. The Morgan fingerprint density at radius 3 is 0.867 bits per heavy atom. The van der Waals surface area contributed by atoms with Crippen molar-refractivity contribution in [1.82, 2.24) is 0 Å². The number of ether oxygens (including phenoxy) is 4. The Morgan fingerprint density at radius 1 is 0.500 bits per heavy atom. The third-order valence-electron chi connectivity index (χ3n) is 3.62. The molecule has 30 heavy (non-hydrogen) atoms. The topological polar surface area (TPSA) is 186 Å². The van der Waals surface area contributed by atoms with Gasteiger partial charge in [-0.2, -0.15) is 23.5 Å². The molecule has 1 saturated heterocycles. The van der Waals surface area contributed by atoms with E-state index in [1.807, 2.05) is 0 Å². The highest BCUT2D eigenvalue weighted by Gasteiger charge is 2.37. The molecule has 172 valence electrons. The summed E-state index contributed by atoms with van der Waals surface area (Å²) in [6, 6.07) is 0. The second-order valence-corrected chi connectivity index (χ2v) is 8.19. The molecule has 14 heteroatoms. The highest BCUT2D eigenvalue weighted by molar-refractivity contribution is 7.99. The van der Waals surface area contributed by atoms with Crippen LogP contribution in [0.2, 0.25) is 0 Å². The van der Waals surface area contributed by atoms with Gasteiger partial charge in [0.2, 0.25) is 0 Å². The van der Waals surface area contributed by atoms with Crippen molar-refractivity contribution in [2.45, 2.75) is 24.4 Å². The minimum Gasteiger partial charge on any atom is -0.479 e. The van der Waals surface area contributed by atoms with E-state index in [0.29, 0.717) is 0 Å². The molecular weight excluding hydrogens is 448 g/mol. The molecule has 12 nitrogen and oxygen atoms in total. The second kappa shape index (κ2) is 14.4. The summed E-state index contributed by atoms with van der Waals surface area (Å²) < 4.78 is 20.7. The van der Waals surface area contributed by atoms with Crippen LogP contribution in [0.1, 0.15) is 0 Å². The monoisotopic (exact) mass is 472 g/mol. The summed E-state index contributed by atoms with van der Waals surface area (Å²) in [7, 11) is 0. The van der Waals surface area contributed by atoms with Crippen molar-refractivity contribution in [2.24, 2.45) is 0 Å². The molecule has 1 heterocycles. The summed E-state index contributed by atoms with van der Waals surface area (Å²) in [4.78, 5) is 45.4. The van der Waals surface area contributed by atoms with Gasteiger partial charge in [-0.15, -0.1) is 0 Å². The Labute approximate surface area is 180 Å². The normalized spacial score (nSPS) is 28.5. The lowest BCUT2D eigenvalue weighted by Gasteiger charge is -2.22. The van der Waals surface area contributed by atoms with Crippen LogP contribution in [0, 0.1) is 0 Å². The summed E-state index contributed by atoms with van der Waals surface area (Å²) in [5, 5.41) is 37.0. The fourth-order valence-electron chi connectivity index (χ4n) is 2.29. The van der Waals surface area contributed by atoms with Gasteiger partial charge in [-0.1, -0.05) is 0 Å². The van der Waals surface area contributed by atoms with Crippen molar-refractivity contribution in [3.05, 3.63) is 0 Å². The SMILES string of the molecule is O=C(O)[C@@H]1OCCSCCO[C@@H](C(=O)O)[C@H](C(=O)O)OCCSCCO[C@H]1C(=O)O. The van der Waals surface area contributed by atoms with Crippen LogP contribution in [-0.4, -0.2) is 118 Å². The maximum absolute atomic E-state index is 11.4. The molecule has 0 spiro atoms. The van der Waals surface area contributed by atoms with Crippen LogP contribution in [0.4, 0.5) is 0 Å². The number of hydrogen-bond acceptors (Lipinski definition) is 10. The van der Waals surface area contributed by atoms with Crippen molar-refractivity contribution in [3.8, 4) is 0 Å². The van der Waals surface area contributed by atoms with Gasteiger partial charge >= 0.3 is 23.9 Å². The number of carboxylic acids is 4. The zero-order valence-electron chi connectivity index (χ0n) is 15.8. The van der Waals surface area contributed by atoms with Gasteiger partial charge < -0.3 is 39.4 Å². The van der Waals surface area contributed by atoms with Crippen LogP contribution >= 0.6 is 23.5 Å². The van der Waals surface area contributed by atoms with Gasteiger partial charge in [0.15, 0.2) is 24.4 Å². The summed E-state index contributed by atoms with van der Waals surface area (Å²) in [5.74, 6) is -4.77. The molecule has 4 atom stereocenters. The molecule has 0 aromatic rings. The van der Waals surface area contributed by atoms with E-state index in [1.165, 1.54) is 23.5 Å². The number of rotatable bonds is 4. The smallest absolute Gasteiger partial charge is 0.336 e. The van der Waals surface area contributed by atoms with Crippen LogP contribution in [0.25, 0.3) is 0 Å². The lowest BCUT2D eigenvalue weighted by atomic mass is 10.2. The lowest BCUT2D eigenvalue weighted by Crippen LogP contribution is -2.45. The van der Waals surface area contributed by atoms with Crippen LogP contribution in [0.15, 0.2) is 0 Å². The van der Waals surface area contributed by atoms with E-state index in [1.54, 1.807) is 0 Å². The zero-order chi connectivity index (χ0) is 22.5. The van der Waals surface area contributed by atoms with E-state index >= 15 is 0 Å². The lowest BCUT2D eigenvalue weighted by molar-refractivity contribution is -0.175. The summed E-state index contributed by atoms with van der Waals surface area (Å²) in [6.07, 6.45) is -6.72. The van der Waals surface area contributed by atoms with Crippen molar-refractivity contribution in [3.63, 3.8) is 0 Å². The van der Waals surface area contributed by atoms with Crippen LogP contribution in [-0.2, 0) is 38.1 Å². The molecule has 0 unspecified atom stereocenters. The van der Waals surface area contributed by atoms with E-state index in [4.69, 9.17) is 18.9 Å². The maximum atomic E-state index is 11.4. The first-order valence-electron chi connectivity index (χ1n) is 8.78. The molecule has 1 aliphatic heterocycles. The van der Waals surface area contributed by atoms with Crippen molar-refractivity contribution < 1.29 is 58.6 Å². The first-order chi connectivity index (χ1) is 14.3. The average molecular weight is 472 g/mol. The van der Waals surface area contributed by atoms with Gasteiger partial charge in [-0.05, 0) is 0 Å². The highest BCUT2D eigenvalue weighted by atomic mass is 32.2. The van der Waals surface area contributed by atoms with Gasteiger partial charge in [-0.3, -0.25) is 0 Å². The predicted molar refractivity (Wildman–Crippen MR) is 104 cm³/mol.